The Morgan fingerprint density at radius 1 is 1.03 bits per heavy atom. The number of likely N-dealkylation sites (tertiary alicyclic amines) is 1. The third-order valence-corrected chi connectivity index (χ3v) is 5.37. The van der Waals surface area contributed by atoms with Crippen LogP contribution in [0.25, 0.3) is 16.8 Å². The van der Waals surface area contributed by atoms with E-state index < -0.39 is 11.9 Å². The number of hydrogen-bond donors (Lipinski definition) is 1. The fourth-order valence-electron chi connectivity index (χ4n) is 3.71. The van der Waals surface area contributed by atoms with Crippen LogP contribution >= 0.6 is 0 Å². The minimum atomic E-state index is -0.860. The van der Waals surface area contributed by atoms with Crippen LogP contribution in [0.5, 0.6) is 0 Å². The first-order valence-electron chi connectivity index (χ1n) is 9.65. The summed E-state index contributed by atoms with van der Waals surface area (Å²) in [4.78, 5) is 25.7. The Morgan fingerprint density at radius 3 is 2.41 bits per heavy atom. The molecule has 1 aliphatic heterocycles. The lowest BCUT2D eigenvalue weighted by Crippen LogP contribution is -2.42. The zero-order chi connectivity index (χ0) is 20.4. The van der Waals surface area contributed by atoms with E-state index in [0.29, 0.717) is 25.1 Å². The molecule has 1 saturated heterocycles. The van der Waals surface area contributed by atoms with E-state index >= 15 is 0 Å². The first-order valence-corrected chi connectivity index (χ1v) is 9.65. The molecular weight excluding hydrogens is 368 g/mol. The van der Waals surface area contributed by atoms with Gasteiger partial charge in [0.2, 0.25) is 0 Å². The quantitative estimate of drug-likeness (QED) is 0.739. The number of rotatable bonds is 4. The summed E-state index contributed by atoms with van der Waals surface area (Å²) in [7, 11) is 0. The smallest absolute Gasteiger partial charge is 0.308 e. The maximum absolute atomic E-state index is 12.9. The molecule has 0 saturated carbocycles. The molecule has 0 spiro atoms. The predicted octanol–water partition coefficient (Wildman–Crippen LogP) is 3.18. The maximum Gasteiger partial charge on any atom is 0.308 e. The van der Waals surface area contributed by atoms with E-state index in [4.69, 9.17) is 0 Å². The van der Waals surface area contributed by atoms with Gasteiger partial charge in [0.15, 0.2) is 5.69 Å². The number of carbonyl (C=O) groups is 2. The van der Waals surface area contributed by atoms with Crippen LogP contribution in [0.3, 0.4) is 0 Å². The van der Waals surface area contributed by atoms with Crippen LogP contribution in [-0.4, -0.2) is 50.0 Å². The lowest BCUT2D eigenvalue weighted by Gasteiger charge is -2.30. The van der Waals surface area contributed by atoms with E-state index in [1.165, 1.54) is 0 Å². The standard InChI is InChI=1S/C22H22N4O3/c1-15-20(21(27)25-13-5-8-18(14-25)22(28)29)23-24-26(15)19-11-9-17(10-12-19)16-6-3-2-4-7-16/h2-4,6-7,9-12,18H,5,8,13-14H2,1H3,(H,28,29). The molecule has 1 N–H and O–H groups in total. The molecule has 2 heterocycles. The average Bonchev–Trinajstić information content (AvgIpc) is 3.15. The topological polar surface area (TPSA) is 88.3 Å². The van der Waals surface area contributed by atoms with E-state index in [-0.39, 0.29) is 18.1 Å². The Hall–Kier alpha value is -3.48. The summed E-state index contributed by atoms with van der Waals surface area (Å²) in [5.41, 5.74) is 3.94. The van der Waals surface area contributed by atoms with Crippen molar-refractivity contribution in [1.29, 1.82) is 0 Å². The summed E-state index contributed by atoms with van der Waals surface area (Å²) < 4.78 is 1.64. The lowest BCUT2D eigenvalue weighted by atomic mass is 9.98. The van der Waals surface area contributed by atoms with Crippen molar-refractivity contribution in [2.45, 2.75) is 19.8 Å². The summed E-state index contributed by atoms with van der Waals surface area (Å²) >= 11 is 0. The number of carbonyl (C=O) groups excluding carboxylic acids is 1. The molecule has 1 atom stereocenters. The van der Waals surface area contributed by atoms with Crippen LogP contribution in [0.15, 0.2) is 54.6 Å². The van der Waals surface area contributed by atoms with Gasteiger partial charge in [0.05, 0.1) is 17.3 Å². The minimum absolute atomic E-state index is 0.215. The Labute approximate surface area is 168 Å². The molecule has 0 aliphatic carbocycles. The van der Waals surface area contributed by atoms with E-state index in [1.54, 1.807) is 16.5 Å². The summed E-state index contributed by atoms with van der Waals surface area (Å²) in [6, 6.07) is 18.0. The van der Waals surface area contributed by atoms with Gasteiger partial charge in [0, 0.05) is 13.1 Å². The van der Waals surface area contributed by atoms with Gasteiger partial charge in [-0.05, 0) is 43.0 Å². The number of carboxylic acid groups (broad SMARTS) is 1. The number of benzene rings is 2. The highest BCUT2D eigenvalue weighted by Crippen LogP contribution is 2.23. The van der Waals surface area contributed by atoms with Crippen LogP contribution < -0.4 is 0 Å². The number of carboxylic acids is 1. The second kappa shape index (κ2) is 7.87. The van der Waals surface area contributed by atoms with Crippen LogP contribution in [0.1, 0.15) is 29.0 Å². The van der Waals surface area contributed by atoms with Crippen molar-refractivity contribution >= 4 is 11.9 Å². The molecule has 1 aromatic heterocycles. The van der Waals surface area contributed by atoms with Crippen LogP contribution in [0, 0.1) is 12.8 Å². The predicted molar refractivity (Wildman–Crippen MR) is 108 cm³/mol. The molecule has 1 amide bonds. The van der Waals surface area contributed by atoms with Gasteiger partial charge in [-0.2, -0.15) is 0 Å². The molecule has 2 aromatic carbocycles. The summed E-state index contributed by atoms with van der Waals surface area (Å²) in [6.45, 7) is 2.56. The molecule has 7 heteroatoms. The summed E-state index contributed by atoms with van der Waals surface area (Å²) in [5, 5.41) is 17.5. The van der Waals surface area contributed by atoms with Gasteiger partial charge < -0.3 is 10.0 Å². The van der Waals surface area contributed by atoms with Gasteiger partial charge in [0.1, 0.15) is 0 Å². The zero-order valence-corrected chi connectivity index (χ0v) is 16.2. The third-order valence-electron chi connectivity index (χ3n) is 5.37. The normalized spacial score (nSPS) is 16.6. The molecular formula is C22H22N4O3. The average molecular weight is 390 g/mol. The molecule has 1 aliphatic rings. The minimum Gasteiger partial charge on any atom is -0.481 e. The lowest BCUT2D eigenvalue weighted by molar-refractivity contribution is -0.143. The van der Waals surface area contributed by atoms with Crippen molar-refractivity contribution in [3.8, 4) is 16.8 Å². The largest absolute Gasteiger partial charge is 0.481 e. The molecule has 4 rings (SSSR count). The highest BCUT2D eigenvalue weighted by molar-refractivity contribution is 5.93. The van der Waals surface area contributed by atoms with Crippen molar-refractivity contribution in [2.75, 3.05) is 13.1 Å². The number of hydrogen-bond acceptors (Lipinski definition) is 4. The first kappa shape index (κ1) is 18.9. The van der Waals surface area contributed by atoms with E-state index in [0.717, 1.165) is 16.8 Å². The van der Waals surface area contributed by atoms with Crippen molar-refractivity contribution in [3.05, 3.63) is 66.0 Å². The zero-order valence-electron chi connectivity index (χ0n) is 16.2. The van der Waals surface area contributed by atoms with Gasteiger partial charge in [-0.15, -0.1) is 5.10 Å². The fraction of sp³-hybridized carbons (Fsp3) is 0.273. The van der Waals surface area contributed by atoms with Crippen molar-refractivity contribution in [1.82, 2.24) is 19.9 Å². The van der Waals surface area contributed by atoms with Crippen molar-refractivity contribution < 1.29 is 14.7 Å². The number of aliphatic carboxylic acids is 1. The molecule has 0 radical (unpaired) electrons. The van der Waals surface area contributed by atoms with Crippen molar-refractivity contribution in [2.24, 2.45) is 5.92 Å². The number of aromatic nitrogens is 3. The second-order valence-corrected chi connectivity index (χ2v) is 7.28. The molecule has 148 valence electrons. The Balaban J connectivity index is 1.55. The Kier molecular flexibility index (Phi) is 5.12. The highest BCUT2D eigenvalue weighted by atomic mass is 16.4. The van der Waals surface area contributed by atoms with Gasteiger partial charge in [-0.3, -0.25) is 9.59 Å². The van der Waals surface area contributed by atoms with Crippen LogP contribution in [0.4, 0.5) is 0 Å². The van der Waals surface area contributed by atoms with Gasteiger partial charge >= 0.3 is 5.97 Å². The van der Waals surface area contributed by atoms with Gasteiger partial charge in [-0.1, -0.05) is 47.7 Å². The second-order valence-electron chi connectivity index (χ2n) is 7.28. The van der Waals surface area contributed by atoms with E-state index in [9.17, 15) is 14.7 Å². The first-order chi connectivity index (χ1) is 14.0. The van der Waals surface area contributed by atoms with Crippen LogP contribution in [-0.2, 0) is 4.79 Å². The molecule has 0 bridgehead atoms. The molecule has 3 aromatic rings. The molecule has 1 fully saturated rings. The Bertz CT molecular complexity index is 1030. The van der Waals surface area contributed by atoms with E-state index in [2.05, 4.69) is 22.4 Å². The SMILES string of the molecule is Cc1c(C(=O)N2CCCC(C(=O)O)C2)nnn1-c1ccc(-c2ccccc2)cc1. The fourth-order valence-corrected chi connectivity index (χ4v) is 3.71. The van der Waals surface area contributed by atoms with Crippen molar-refractivity contribution in [3.63, 3.8) is 0 Å². The van der Waals surface area contributed by atoms with Crippen LogP contribution in [0.2, 0.25) is 0 Å². The highest BCUT2D eigenvalue weighted by Gasteiger charge is 2.31. The monoisotopic (exact) mass is 390 g/mol. The maximum atomic E-state index is 12.9. The number of piperidine rings is 1. The third kappa shape index (κ3) is 3.76. The summed E-state index contributed by atoms with van der Waals surface area (Å²) in [6.07, 6.45) is 1.27. The van der Waals surface area contributed by atoms with Gasteiger partial charge in [0.25, 0.3) is 5.91 Å². The van der Waals surface area contributed by atoms with E-state index in [1.807, 2.05) is 42.5 Å². The number of amides is 1. The van der Waals surface area contributed by atoms with Gasteiger partial charge in [-0.25, -0.2) is 4.68 Å². The summed E-state index contributed by atoms with van der Waals surface area (Å²) in [5.74, 6) is -1.64. The molecule has 7 nitrogen and oxygen atoms in total. The molecule has 1 unspecified atom stereocenters. The Morgan fingerprint density at radius 2 is 1.72 bits per heavy atom. The molecule has 29 heavy (non-hydrogen) atoms. The number of nitrogens with zero attached hydrogens (tertiary/aromatic N) is 4.